The van der Waals surface area contributed by atoms with Gasteiger partial charge in [-0.2, -0.15) is 0 Å². The maximum atomic E-state index is 11.5. The number of likely N-dealkylation sites (N-methyl/N-ethyl adjacent to an activating group) is 1. The fraction of sp³-hybridized carbons (Fsp3) is 0.909. The van der Waals surface area contributed by atoms with Gasteiger partial charge in [0.05, 0.1) is 12.6 Å². The molecule has 0 aromatic carbocycles. The molecule has 0 aliphatic carbocycles. The molecule has 0 aromatic rings. The third-order valence-corrected chi connectivity index (χ3v) is 2.34. The van der Waals surface area contributed by atoms with Crippen LogP contribution in [0.4, 0.5) is 0 Å². The number of carbonyl (C=O) groups is 1. The van der Waals surface area contributed by atoms with Crippen LogP contribution in [0.25, 0.3) is 0 Å². The maximum absolute atomic E-state index is 11.5. The molecule has 0 aliphatic rings. The smallest absolute Gasteiger partial charge is 0.234 e. The first-order valence-corrected chi connectivity index (χ1v) is 5.65. The highest BCUT2D eigenvalue weighted by molar-refractivity contribution is 5.78. The second-order valence-electron chi connectivity index (χ2n) is 4.13. The van der Waals surface area contributed by atoms with Crippen molar-refractivity contribution < 1.29 is 9.90 Å². The van der Waals surface area contributed by atoms with E-state index in [2.05, 4.69) is 19.2 Å². The maximum Gasteiger partial charge on any atom is 0.234 e. The van der Waals surface area contributed by atoms with Crippen molar-refractivity contribution in [3.05, 3.63) is 0 Å². The molecule has 0 spiro atoms. The zero-order chi connectivity index (χ0) is 11.8. The molecule has 0 aromatic heterocycles. The van der Waals surface area contributed by atoms with Gasteiger partial charge in [-0.3, -0.25) is 9.69 Å². The van der Waals surface area contributed by atoms with Crippen molar-refractivity contribution in [2.45, 2.75) is 45.8 Å². The van der Waals surface area contributed by atoms with Gasteiger partial charge in [0, 0.05) is 12.6 Å². The summed E-state index contributed by atoms with van der Waals surface area (Å²) in [5, 5.41) is 12.1. The number of hydrogen-bond acceptors (Lipinski definition) is 3. The van der Waals surface area contributed by atoms with Crippen LogP contribution in [-0.4, -0.2) is 48.2 Å². The molecule has 4 heteroatoms. The number of hydrogen-bond donors (Lipinski definition) is 2. The Morgan fingerprint density at radius 2 is 1.93 bits per heavy atom. The number of aliphatic hydroxyl groups excluding tert-OH is 1. The van der Waals surface area contributed by atoms with E-state index in [1.54, 1.807) is 6.92 Å². The minimum absolute atomic E-state index is 0.0341. The van der Waals surface area contributed by atoms with Gasteiger partial charge in [-0.15, -0.1) is 0 Å². The largest absolute Gasteiger partial charge is 0.392 e. The zero-order valence-corrected chi connectivity index (χ0v) is 10.3. The normalized spacial score (nSPS) is 13.3. The highest BCUT2D eigenvalue weighted by Crippen LogP contribution is 1.96. The van der Waals surface area contributed by atoms with Crippen LogP contribution in [0.3, 0.4) is 0 Å². The van der Waals surface area contributed by atoms with Crippen molar-refractivity contribution in [2.24, 2.45) is 0 Å². The van der Waals surface area contributed by atoms with Gasteiger partial charge in [-0.25, -0.2) is 0 Å². The van der Waals surface area contributed by atoms with Crippen LogP contribution in [0.5, 0.6) is 0 Å². The highest BCUT2D eigenvalue weighted by atomic mass is 16.3. The summed E-state index contributed by atoms with van der Waals surface area (Å²) in [5.74, 6) is 0.0341. The van der Waals surface area contributed by atoms with Gasteiger partial charge in [0.1, 0.15) is 0 Å². The summed E-state index contributed by atoms with van der Waals surface area (Å²) in [6.07, 6.45) is 1.53. The predicted octanol–water partition coefficient (Wildman–Crippen LogP) is 0.604. The highest BCUT2D eigenvalue weighted by Gasteiger charge is 2.11. The van der Waals surface area contributed by atoms with Crippen molar-refractivity contribution in [3.8, 4) is 0 Å². The lowest BCUT2D eigenvalue weighted by atomic mass is 10.2. The molecule has 0 saturated heterocycles. The lowest BCUT2D eigenvalue weighted by molar-refractivity contribution is -0.122. The quantitative estimate of drug-likeness (QED) is 0.655. The summed E-state index contributed by atoms with van der Waals surface area (Å²) in [6.45, 7) is 6.72. The van der Waals surface area contributed by atoms with E-state index in [0.29, 0.717) is 13.1 Å². The monoisotopic (exact) mass is 216 g/mol. The lowest BCUT2D eigenvalue weighted by Gasteiger charge is -2.20. The molecule has 0 saturated carbocycles. The van der Waals surface area contributed by atoms with Gasteiger partial charge < -0.3 is 10.4 Å². The Morgan fingerprint density at radius 3 is 2.33 bits per heavy atom. The molecular weight excluding hydrogens is 192 g/mol. The van der Waals surface area contributed by atoms with E-state index >= 15 is 0 Å². The van der Waals surface area contributed by atoms with Crippen LogP contribution in [-0.2, 0) is 4.79 Å². The molecule has 2 N–H and O–H groups in total. The van der Waals surface area contributed by atoms with Crippen LogP contribution in [0.15, 0.2) is 0 Å². The van der Waals surface area contributed by atoms with E-state index in [1.165, 1.54) is 0 Å². The van der Waals surface area contributed by atoms with Crippen LogP contribution in [0, 0.1) is 0 Å². The molecular formula is C11H24N2O2. The van der Waals surface area contributed by atoms with Crippen LogP contribution in [0.2, 0.25) is 0 Å². The molecule has 90 valence electrons. The summed E-state index contributed by atoms with van der Waals surface area (Å²) in [6, 6.07) is 0.275. The molecule has 4 nitrogen and oxygen atoms in total. The molecule has 15 heavy (non-hydrogen) atoms. The molecule has 1 atom stereocenters. The summed E-state index contributed by atoms with van der Waals surface area (Å²) >= 11 is 0. The molecule has 0 rings (SSSR count). The van der Waals surface area contributed by atoms with E-state index in [-0.39, 0.29) is 11.9 Å². The Kier molecular flexibility index (Phi) is 7.34. The van der Waals surface area contributed by atoms with Gasteiger partial charge in [-0.1, -0.05) is 13.8 Å². The SMILES string of the molecule is CCC(CC)NC(=O)CN(C)CC(C)O. The summed E-state index contributed by atoms with van der Waals surface area (Å²) in [5.41, 5.74) is 0. The zero-order valence-electron chi connectivity index (χ0n) is 10.3. The van der Waals surface area contributed by atoms with Crippen molar-refractivity contribution in [3.63, 3.8) is 0 Å². The molecule has 0 fully saturated rings. The molecule has 0 radical (unpaired) electrons. The summed E-state index contributed by atoms with van der Waals surface area (Å²) in [4.78, 5) is 13.4. The van der Waals surface area contributed by atoms with Crippen molar-refractivity contribution in [1.29, 1.82) is 0 Å². The van der Waals surface area contributed by atoms with E-state index < -0.39 is 6.10 Å². The van der Waals surface area contributed by atoms with E-state index in [0.717, 1.165) is 12.8 Å². The minimum Gasteiger partial charge on any atom is -0.392 e. The second kappa shape index (κ2) is 7.65. The van der Waals surface area contributed by atoms with Crippen LogP contribution < -0.4 is 5.32 Å². The average molecular weight is 216 g/mol. The molecule has 0 heterocycles. The third kappa shape index (κ3) is 7.33. The Bertz CT molecular complexity index is 179. The third-order valence-electron chi connectivity index (χ3n) is 2.34. The van der Waals surface area contributed by atoms with Gasteiger partial charge >= 0.3 is 0 Å². The molecule has 0 aliphatic heterocycles. The lowest BCUT2D eigenvalue weighted by Crippen LogP contribution is -2.42. The molecule has 0 bridgehead atoms. The van der Waals surface area contributed by atoms with E-state index in [4.69, 9.17) is 5.11 Å². The number of nitrogens with one attached hydrogen (secondary N) is 1. The van der Waals surface area contributed by atoms with Gasteiger partial charge in [-0.05, 0) is 26.8 Å². The summed E-state index contributed by atoms with van der Waals surface area (Å²) < 4.78 is 0. The van der Waals surface area contributed by atoms with Crippen molar-refractivity contribution >= 4 is 5.91 Å². The van der Waals surface area contributed by atoms with E-state index in [1.807, 2.05) is 11.9 Å². The Balaban J connectivity index is 3.81. The Morgan fingerprint density at radius 1 is 1.40 bits per heavy atom. The predicted molar refractivity (Wildman–Crippen MR) is 61.7 cm³/mol. The van der Waals surface area contributed by atoms with Crippen molar-refractivity contribution in [1.82, 2.24) is 10.2 Å². The fourth-order valence-corrected chi connectivity index (χ4v) is 1.53. The average Bonchev–Trinajstić information content (AvgIpc) is 2.12. The Labute approximate surface area is 92.7 Å². The standard InChI is InChI=1S/C11H24N2O2/c1-5-10(6-2)12-11(15)8-13(4)7-9(3)14/h9-10,14H,5-8H2,1-4H3,(H,12,15). The first-order valence-electron chi connectivity index (χ1n) is 5.65. The van der Waals surface area contributed by atoms with Crippen LogP contribution in [0.1, 0.15) is 33.6 Å². The summed E-state index contributed by atoms with van der Waals surface area (Å²) in [7, 11) is 1.83. The van der Waals surface area contributed by atoms with Gasteiger partial charge in [0.2, 0.25) is 5.91 Å². The second-order valence-corrected chi connectivity index (χ2v) is 4.13. The number of nitrogens with zero attached hydrogens (tertiary/aromatic N) is 1. The Hall–Kier alpha value is -0.610. The van der Waals surface area contributed by atoms with E-state index in [9.17, 15) is 4.79 Å². The first kappa shape index (κ1) is 14.4. The van der Waals surface area contributed by atoms with Crippen LogP contribution >= 0.6 is 0 Å². The van der Waals surface area contributed by atoms with Crippen molar-refractivity contribution in [2.75, 3.05) is 20.1 Å². The molecule has 1 unspecified atom stereocenters. The number of aliphatic hydroxyl groups is 1. The van der Waals surface area contributed by atoms with Gasteiger partial charge in [0.25, 0.3) is 0 Å². The fourth-order valence-electron chi connectivity index (χ4n) is 1.53. The number of carbonyl (C=O) groups excluding carboxylic acids is 1. The number of rotatable bonds is 7. The first-order chi connectivity index (χ1) is 6.99. The number of amides is 1. The van der Waals surface area contributed by atoms with Gasteiger partial charge in [0.15, 0.2) is 0 Å². The minimum atomic E-state index is -0.393. The molecule has 1 amide bonds. The topological polar surface area (TPSA) is 52.6 Å².